The molecule has 1 aliphatic rings. The fourth-order valence-corrected chi connectivity index (χ4v) is 5.80. The number of rotatable bonds is 12. The molecular weight excluding hydrogens is 552 g/mol. The number of carbonyl (C=O) groups is 4. The fourth-order valence-electron chi connectivity index (χ4n) is 5.80. The van der Waals surface area contributed by atoms with Crippen molar-refractivity contribution in [3.8, 4) is 23.0 Å². The van der Waals surface area contributed by atoms with Crippen molar-refractivity contribution >= 4 is 23.9 Å². The van der Waals surface area contributed by atoms with Crippen LogP contribution in [0, 0.1) is 17.8 Å². The van der Waals surface area contributed by atoms with Gasteiger partial charge in [-0.3, -0.25) is 19.2 Å². The van der Waals surface area contributed by atoms with E-state index >= 15 is 0 Å². The molecule has 1 aliphatic carbocycles. The second-order valence-electron chi connectivity index (χ2n) is 9.47. The van der Waals surface area contributed by atoms with E-state index in [-0.39, 0.29) is 6.42 Å². The summed E-state index contributed by atoms with van der Waals surface area (Å²) in [5.74, 6) is -6.89. The molecular formula is C30H36O12. The fraction of sp³-hybridized carbons (Fsp3) is 0.467. The van der Waals surface area contributed by atoms with Gasteiger partial charge in [0, 0.05) is 11.8 Å². The van der Waals surface area contributed by atoms with Gasteiger partial charge in [-0.25, -0.2) is 0 Å². The van der Waals surface area contributed by atoms with Gasteiger partial charge < -0.3 is 37.9 Å². The summed E-state index contributed by atoms with van der Waals surface area (Å²) in [4.78, 5) is 52.2. The van der Waals surface area contributed by atoms with Crippen LogP contribution in [0.25, 0.3) is 0 Å². The summed E-state index contributed by atoms with van der Waals surface area (Å²) in [7, 11) is 10.6. The average Bonchev–Trinajstić information content (AvgIpc) is 3.33. The zero-order valence-corrected chi connectivity index (χ0v) is 24.9. The SMILES string of the molecule is COC(=O)C(C[C@@H]1c2cc(OC)c(OC)cc2[C@@H](c2ccc(OC)c(OC)c2)[C@@H]1C(C(=O)OC)C(=O)OC)C(=O)OC. The zero-order chi connectivity index (χ0) is 31.1. The van der Waals surface area contributed by atoms with Gasteiger partial charge in [-0.05, 0) is 53.3 Å². The van der Waals surface area contributed by atoms with Gasteiger partial charge in [-0.15, -0.1) is 0 Å². The lowest BCUT2D eigenvalue weighted by Gasteiger charge is -2.31. The van der Waals surface area contributed by atoms with Gasteiger partial charge in [0.05, 0.1) is 56.9 Å². The molecule has 0 fully saturated rings. The van der Waals surface area contributed by atoms with E-state index in [0.29, 0.717) is 39.7 Å². The van der Waals surface area contributed by atoms with Crippen molar-refractivity contribution in [2.75, 3.05) is 56.9 Å². The Morgan fingerprint density at radius 2 is 1.05 bits per heavy atom. The van der Waals surface area contributed by atoms with Gasteiger partial charge in [0.25, 0.3) is 0 Å². The summed E-state index contributed by atoms with van der Waals surface area (Å²) in [6.07, 6.45) is -0.166. The molecule has 0 saturated heterocycles. The van der Waals surface area contributed by atoms with Crippen LogP contribution in [-0.2, 0) is 38.1 Å². The van der Waals surface area contributed by atoms with Crippen molar-refractivity contribution in [3.63, 3.8) is 0 Å². The van der Waals surface area contributed by atoms with Crippen LogP contribution in [0.1, 0.15) is 34.9 Å². The van der Waals surface area contributed by atoms with Crippen molar-refractivity contribution in [2.45, 2.75) is 18.3 Å². The maximum absolute atomic E-state index is 13.3. The van der Waals surface area contributed by atoms with E-state index < -0.39 is 53.5 Å². The zero-order valence-electron chi connectivity index (χ0n) is 24.9. The van der Waals surface area contributed by atoms with Crippen LogP contribution in [0.4, 0.5) is 0 Å². The summed E-state index contributed by atoms with van der Waals surface area (Å²) >= 11 is 0. The van der Waals surface area contributed by atoms with Crippen molar-refractivity contribution < 1.29 is 57.1 Å². The smallest absolute Gasteiger partial charge is 0.320 e. The van der Waals surface area contributed by atoms with Crippen LogP contribution in [0.15, 0.2) is 30.3 Å². The first-order valence-corrected chi connectivity index (χ1v) is 12.9. The van der Waals surface area contributed by atoms with Crippen molar-refractivity contribution in [2.24, 2.45) is 17.8 Å². The van der Waals surface area contributed by atoms with Gasteiger partial charge in [0.15, 0.2) is 34.8 Å². The highest BCUT2D eigenvalue weighted by Gasteiger charge is 2.53. The number of benzene rings is 2. The number of hydrogen-bond acceptors (Lipinski definition) is 12. The molecule has 0 unspecified atom stereocenters. The summed E-state index contributed by atoms with van der Waals surface area (Å²) in [5.41, 5.74) is 1.94. The maximum atomic E-state index is 13.3. The van der Waals surface area contributed by atoms with Crippen LogP contribution < -0.4 is 18.9 Å². The first-order chi connectivity index (χ1) is 20.1. The lowest BCUT2D eigenvalue weighted by molar-refractivity contribution is -0.162. The van der Waals surface area contributed by atoms with Crippen LogP contribution in [0.3, 0.4) is 0 Å². The Balaban J connectivity index is 2.43. The molecule has 3 rings (SSSR count). The minimum atomic E-state index is -1.46. The molecule has 0 saturated carbocycles. The van der Waals surface area contributed by atoms with E-state index in [0.717, 1.165) is 14.2 Å². The van der Waals surface area contributed by atoms with Crippen molar-refractivity contribution in [1.29, 1.82) is 0 Å². The Morgan fingerprint density at radius 3 is 1.50 bits per heavy atom. The predicted molar refractivity (Wildman–Crippen MR) is 147 cm³/mol. The number of fused-ring (bicyclic) bond motifs is 1. The van der Waals surface area contributed by atoms with E-state index in [1.54, 1.807) is 30.3 Å². The highest BCUT2D eigenvalue weighted by molar-refractivity contribution is 5.96. The number of carbonyl (C=O) groups excluding carboxylic acids is 4. The second kappa shape index (κ2) is 13.9. The third kappa shape index (κ3) is 5.93. The van der Waals surface area contributed by atoms with Crippen molar-refractivity contribution in [3.05, 3.63) is 47.0 Å². The summed E-state index contributed by atoms with van der Waals surface area (Å²) in [5, 5.41) is 0. The topological polar surface area (TPSA) is 142 Å². The lowest BCUT2D eigenvalue weighted by Crippen LogP contribution is -2.39. The Hall–Kier alpha value is -4.48. The minimum Gasteiger partial charge on any atom is -0.493 e. The van der Waals surface area contributed by atoms with Crippen LogP contribution in [-0.4, -0.2) is 80.8 Å². The molecule has 12 nitrogen and oxygen atoms in total. The largest absolute Gasteiger partial charge is 0.493 e. The van der Waals surface area contributed by atoms with Crippen LogP contribution in [0.2, 0.25) is 0 Å². The molecule has 0 amide bonds. The third-order valence-corrected chi connectivity index (χ3v) is 7.70. The van der Waals surface area contributed by atoms with Gasteiger partial charge in [-0.2, -0.15) is 0 Å². The molecule has 0 N–H and O–H groups in total. The number of esters is 4. The summed E-state index contributed by atoms with van der Waals surface area (Å²) in [6, 6.07) is 8.69. The van der Waals surface area contributed by atoms with Gasteiger partial charge >= 0.3 is 23.9 Å². The normalized spacial score (nSPS) is 17.2. The monoisotopic (exact) mass is 588 g/mol. The second-order valence-corrected chi connectivity index (χ2v) is 9.47. The maximum Gasteiger partial charge on any atom is 0.320 e. The number of hydrogen-bond donors (Lipinski definition) is 0. The van der Waals surface area contributed by atoms with E-state index in [2.05, 4.69) is 0 Å². The first-order valence-electron chi connectivity index (χ1n) is 12.9. The Kier molecular flexibility index (Phi) is 10.6. The standard InChI is InChI=1S/C30H36O12/c1-35-20-10-9-15(11-21(20)36-2)24-18-14-23(38-4)22(37-3)13-16(18)17(12-19(27(31)39-5)28(32)40-6)25(24)26(29(33)41-7)30(34)42-8/h9-11,13-14,17,19,24-26H,12H2,1-8H3/t17-,24-,25-/m1/s1. The van der Waals surface area contributed by atoms with Crippen molar-refractivity contribution in [1.82, 2.24) is 0 Å². The van der Waals surface area contributed by atoms with Gasteiger partial charge in [-0.1, -0.05) is 6.07 Å². The lowest BCUT2D eigenvalue weighted by atomic mass is 9.72. The molecule has 12 heteroatoms. The molecule has 0 bridgehead atoms. The van der Waals surface area contributed by atoms with Crippen LogP contribution in [0.5, 0.6) is 23.0 Å². The number of methoxy groups -OCH3 is 8. The first kappa shape index (κ1) is 32.0. The van der Waals surface area contributed by atoms with E-state index in [1.165, 1.54) is 42.7 Å². The summed E-state index contributed by atoms with van der Waals surface area (Å²) < 4.78 is 42.1. The Labute approximate surface area is 244 Å². The molecule has 0 aromatic heterocycles. The molecule has 0 spiro atoms. The molecule has 0 heterocycles. The predicted octanol–water partition coefficient (Wildman–Crippen LogP) is 2.88. The van der Waals surface area contributed by atoms with Gasteiger partial charge in [0.2, 0.25) is 0 Å². The minimum absolute atomic E-state index is 0.166. The van der Waals surface area contributed by atoms with Crippen LogP contribution >= 0.6 is 0 Å². The Bertz CT molecular complexity index is 1290. The molecule has 2 aromatic rings. The number of ether oxygens (including phenoxy) is 8. The molecule has 42 heavy (non-hydrogen) atoms. The Morgan fingerprint density at radius 1 is 0.595 bits per heavy atom. The average molecular weight is 589 g/mol. The molecule has 3 atom stereocenters. The summed E-state index contributed by atoms with van der Waals surface area (Å²) in [6.45, 7) is 0. The molecule has 0 aliphatic heterocycles. The molecule has 2 aromatic carbocycles. The van der Waals surface area contributed by atoms with Gasteiger partial charge in [0.1, 0.15) is 0 Å². The molecule has 0 radical (unpaired) electrons. The molecule has 228 valence electrons. The third-order valence-electron chi connectivity index (χ3n) is 7.70. The van der Waals surface area contributed by atoms with E-state index in [4.69, 9.17) is 37.9 Å². The highest BCUT2D eigenvalue weighted by Crippen LogP contribution is 2.58. The van der Waals surface area contributed by atoms with E-state index in [1.807, 2.05) is 0 Å². The quantitative estimate of drug-likeness (QED) is 0.204. The highest BCUT2D eigenvalue weighted by atomic mass is 16.6. The van der Waals surface area contributed by atoms with E-state index in [9.17, 15) is 19.2 Å².